The second kappa shape index (κ2) is 9.15. The Bertz CT molecular complexity index is 1290. The smallest absolute Gasteiger partial charge is 0.251 e. The molecule has 2 atom stereocenters. The van der Waals surface area contributed by atoms with Crippen molar-refractivity contribution in [2.45, 2.75) is 37.8 Å². The van der Waals surface area contributed by atoms with Gasteiger partial charge in [0, 0.05) is 41.0 Å². The standard InChI is InChI=1S/C24H22ClFN6O/c25-15-10-16-17(12-28-21(16)27-11-15)22-29-13-18(26)23(32-22)30-19-8-4-5-9-20(19)31-24(33)14-6-2-1-3-7-14/h1-3,6-7,10-13,19-20H,4-5,8-9H2,(H,27,28)(H,31,33)(H,29,30,32). The predicted molar refractivity (Wildman–Crippen MR) is 126 cm³/mol. The zero-order valence-corrected chi connectivity index (χ0v) is 18.4. The van der Waals surface area contributed by atoms with Crippen LogP contribution in [0.2, 0.25) is 5.02 Å². The maximum atomic E-state index is 14.7. The van der Waals surface area contributed by atoms with Gasteiger partial charge in [-0.2, -0.15) is 0 Å². The van der Waals surface area contributed by atoms with E-state index < -0.39 is 5.82 Å². The highest BCUT2D eigenvalue weighted by Crippen LogP contribution is 2.29. The number of hydrogen-bond acceptors (Lipinski definition) is 5. The van der Waals surface area contributed by atoms with Gasteiger partial charge in [-0.15, -0.1) is 0 Å². The van der Waals surface area contributed by atoms with Crippen molar-refractivity contribution in [1.82, 2.24) is 25.3 Å². The van der Waals surface area contributed by atoms with E-state index in [1.165, 1.54) is 0 Å². The summed E-state index contributed by atoms with van der Waals surface area (Å²) >= 11 is 6.10. The minimum Gasteiger partial charge on any atom is -0.363 e. The summed E-state index contributed by atoms with van der Waals surface area (Å²) in [6.45, 7) is 0. The molecule has 168 valence electrons. The molecular weight excluding hydrogens is 443 g/mol. The summed E-state index contributed by atoms with van der Waals surface area (Å²) in [5, 5.41) is 7.57. The number of fused-ring (bicyclic) bond motifs is 1. The average Bonchev–Trinajstić information content (AvgIpc) is 3.25. The molecule has 0 spiro atoms. The summed E-state index contributed by atoms with van der Waals surface area (Å²) in [4.78, 5) is 28.6. The maximum Gasteiger partial charge on any atom is 0.251 e. The molecule has 4 aromatic rings. The Morgan fingerprint density at radius 1 is 1.09 bits per heavy atom. The van der Waals surface area contributed by atoms with Gasteiger partial charge in [0.25, 0.3) is 5.91 Å². The van der Waals surface area contributed by atoms with Crippen molar-refractivity contribution in [1.29, 1.82) is 0 Å². The van der Waals surface area contributed by atoms with Crippen molar-refractivity contribution in [3.8, 4) is 11.4 Å². The quantitative estimate of drug-likeness (QED) is 0.387. The van der Waals surface area contributed by atoms with Crippen LogP contribution in [0, 0.1) is 5.82 Å². The number of benzene rings is 1. The molecular formula is C24H22ClFN6O. The lowest BCUT2D eigenvalue weighted by atomic mass is 9.90. The van der Waals surface area contributed by atoms with Gasteiger partial charge in [0.1, 0.15) is 5.65 Å². The molecule has 1 amide bonds. The van der Waals surface area contributed by atoms with E-state index in [9.17, 15) is 9.18 Å². The van der Waals surface area contributed by atoms with Crippen molar-refractivity contribution in [3.63, 3.8) is 0 Å². The summed E-state index contributed by atoms with van der Waals surface area (Å²) in [5.74, 6) is -0.222. The van der Waals surface area contributed by atoms with Crippen LogP contribution < -0.4 is 10.6 Å². The van der Waals surface area contributed by atoms with Gasteiger partial charge < -0.3 is 15.6 Å². The van der Waals surface area contributed by atoms with Gasteiger partial charge in [-0.05, 0) is 31.0 Å². The average molecular weight is 465 g/mol. The molecule has 0 saturated heterocycles. The maximum absolute atomic E-state index is 14.7. The molecule has 0 radical (unpaired) electrons. The van der Waals surface area contributed by atoms with Crippen molar-refractivity contribution in [2.75, 3.05) is 5.32 Å². The summed E-state index contributed by atoms with van der Waals surface area (Å²) < 4.78 is 14.7. The van der Waals surface area contributed by atoms with Crippen LogP contribution in [0.25, 0.3) is 22.4 Å². The first kappa shape index (κ1) is 21.3. The third-order valence-electron chi connectivity index (χ3n) is 5.92. The van der Waals surface area contributed by atoms with E-state index >= 15 is 0 Å². The second-order valence-electron chi connectivity index (χ2n) is 8.12. The first-order valence-corrected chi connectivity index (χ1v) is 11.2. The van der Waals surface area contributed by atoms with Gasteiger partial charge in [0.05, 0.1) is 11.2 Å². The Labute approximate surface area is 194 Å². The van der Waals surface area contributed by atoms with E-state index in [0.717, 1.165) is 37.3 Å². The lowest BCUT2D eigenvalue weighted by molar-refractivity contribution is 0.0923. The van der Waals surface area contributed by atoms with E-state index in [1.54, 1.807) is 30.6 Å². The fourth-order valence-electron chi connectivity index (χ4n) is 4.25. The number of carbonyl (C=O) groups excluding carboxylic acids is 1. The number of rotatable bonds is 5. The predicted octanol–water partition coefficient (Wildman–Crippen LogP) is 4.97. The molecule has 5 rings (SSSR count). The third kappa shape index (κ3) is 4.52. The number of anilines is 1. The van der Waals surface area contributed by atoms with Crippen molar-refractivity contribution >= 4 is 34.4 Å². The van der Waals surface area contributed by atoms with Gasteiger partial charge in [0.15, 0.2) is 17.5 Å². The Kier molecular flexibility index (Phi) is 5.92. The fraction of sp³-hybridized carbons (Fsp3) is 0.250. The number of aromatic nitrogens is 4. The second-order valence-corrected chi connectivity index (χ2v) is 8.56. The molecule has 3 N–H and O–H groups in total. The van der Waals surface area contributed by atoms with Gasteiger partial charge in [-0.1, -0.05) is 42.6 Å². The molecule has 1 aliphatic carbocycles. The van der Waals surface area contributed by atoms with Crippen molar-refractivity contribution < 1.29 is 9.18 Å². The molecule has 1 aliphatic rings. The highest BCUT2D eigenvalue weighted by molar-refractivity contribution is 6.31. The third-order valence-corrected chi connectivity index (χ3v) is 6.13. The van der Waals surface area contributed by atoms with E-state index in [1.807, 2.05) is 18.2 Å². The highest BCUT2D eigenvalue weighted by atomic mass is 35.5. The lowest BCUT2D eigenvalue weighted by Gasteiger charge is -2.33. The molecule has 1 aromatic carbocycles. The number of carbonyl (C=O) groups is 1. The highest BCUT2D eigenvalue weighted by Gasteiger charge is 2.28. The van der Waals surface area contributed by atoms with Crippen LogP contribution in [0.5, 0.6) is 0 Å². The summed E-state index contributed by atoms with van der Waals surface area (Å²) in [7, 11) is 0. The molecule has 3 aromatic heterocycles. The molecule has 7 nitrogen and oxygen atoms in total. The number of H-pyrrole nitrogens is 1. The zero-order chi connectivity index (χ0) is 22.8. The Hall–Kier alpha value is -3.52. The lowest BCUT2D eigenvalue weighted by Crippen LogP contribution is -2.48. The van der Waals surface area contributed by atoms with Crippen LogP contribution in [0.15, 0.2) is 55.0 Å². The van der Waals surface area contributed by atoms with Crippen LogP contribution in [0.3, 0.4) is 0 Å². The SMILES string of the molecule is O=C(NC1CCCCC1Nc1nc(-c2c[nH]c3ncc(Cl)cc23)ncc1F)c1ccccc1. The summed E-state index contributed by atoms with van der Waals surface area (Å²) in [5.41, 5.74) is 1.93. The number of hydrogen-bond donors (Lipinski definition) is 3. The largest absolute Gasteiger partial charge is 0.363 e. The van der Waals surface area contributed by atoms with Crippen LogP contribution in [-0.4, -0.2) is 37.9 Å². The van der Waals surface area contributed by atoms with Crippen molar-refractivity contribution in [2.24, 2.45) is 0 Å². The monoisotopic (exact) mass is 464 g/mol. The number of nitrogens with zero attached hydrogens (tertiary/aromatic N) is 3. The summed E-state index contributed by atoms with van der Waals surface area (Å²) in [6, 6.07) is 10.6. The van der Waals surface area contributed by atoms with Crippen LogP contribution >= 0.6 is 11.6 Å². The Morgan fingerprint density at radius 3 is 2.70 bits per heavy atom. The number of aromatic amines is 1. The topological polar surface area (TPSA) is 95.6 Å². The van der Waals surface area contributed by atoms with E-state index in [2.05, 4.69) is 30.6 Å². The Morgan fingerprint density at radius 2 is 1.88 bits per heavy atom. The van der Waals surface area contributed by atoms with Crippen LogP contribution in [-0.2, 0) is 0 Å². The zero-order valence-electron chi connectivity index (χ0n) is 17.7. The van der Waals surface area contributed by atoms with E-state index in [4.69, 9.17) is 11.6 Å². The molecule has 33 heavy (non-hydrogen) atoms. The first-order valence-electron chi connectivity index (χ1n) is 10.9. The first-order chi connectivity index (χ1) is 16.1. The minimum atomic E-state index is -0.548. The molecule has 1 fully saturated rings. The Balaban J connectivity index is 1.39. The minimum absolute atomic E-state index is 0.107. The number of nitrogens with one attached hydrogen (secondary N) is 3. The van der Waals surface area contributed by atoms with E-state index in [-0.39, 0.29) is 23.8 Å². The van der Waals surface area contributed by atoms with Gasteiger partial charge in [-0.25, -0.2) is 19.3 Å². The number of amides is 1. The number of pyridine rings is 1. The molecule has 9 heteroatoms. The van der Waals surface area contributed by atoms with Gasteiger partial charge >= 0.3 is 0 Å². The van der Waals surface area contributed by atoms with E-state index in [0.29, 0.717) is 27.6 Å². The molecule has 0 bridgehead atoms. The number of halogens is 2. The van der Waals surface area contributed by atoms with Crippen LogP contribution in [0.1, 0.15) is 36.0 Å². The van der Waals surface area contributed by atoms with Crippen molar-refractivity contribution in [3.05, 3.63) is 71.4 Å². The van der Waals surface area contributed by atoms with Gasteiger partial charge in [0.2, 0.25) is 0 Å². The van der Waals surface area contributed by atoms with Crippen LogP contribution in [0.4, 0.5) is 10.2 Å². The molecule has 1 saturated carbocycles. The fourth-order valence-corrected chi connectivity index (χ4v) is 4.41. The van der Waals surface area contributed by atoms with Gasteiger partial charge in [-0.3, -0.25) is 4.79 Å². The molecule has 2 unspecified atom stereocenters. The summed E-state index contributed by atoms with van der Waals surface area (Å²) in [6.07, 6.45) is 8.03. The normalized spacial score (nSPS) is 18.2. The molecule has 0 aliphatic heterocycles. The molecule has 3 heterocycles.